The number of fused-ring (bicyclic) bond motifs is 1. The van der Waals surface area contributed by atoms with E-state index in [0.717, 1.165) is 16.0 Å². The summed E-state index contributed by atoms with van der Waals surface area (Å²) in [5, 5.41) is 4.73. The number of amides is 4. The molecule has 0 saturated carbocycles. The third kappa shape index (κ3) is 4.53. The zero-order chi connectivity index (χ0) is 24.6. The number of anilines is 1. The van der Waals surface area contributed by atoms with Gasteiger partial charge in [0.05, 0.1) is 12.6 Å². The van der Waals surface area contributed by atoms with Crippen molar-refractivity contribution in [1.82, 2.24) is 20.2 Å². The van der Waals surface area contributed by atoms with Crippen LogP contribution in [-0.2, 0) is 16.1 Å². The summed E-state index contributed by atoms with van der Waals surface area (Å²) in [6.07, 6.45) is 0. The fourth-order valence-corrected chi connectivity index (χ4v) is 4.73. The zero-order valence-corrected chi connectivity index (χ0v) is 19.8. The SMILES string of the molecule is CCN1NC(C)C2C1C(=O)N(Cc1ccc(F)cc1)C(=O)N2CC(=O)Nc1cc(C)ccc1C. The van der Waals surface area contributed by atoms with Crippen molar-refractivity contribution < 1.29 is 18.8 Å². The van der Waals surface area contributed by atoms with Crippen LogP contribution in [0.5, 0.6) is 0 Å². The van der Waals surface area contributed by atoms with Crippen molar-refractivity contribution in [2.45, 2.75) is 52.4 Å². The molecule has 0 spiro atoms. The van der Waals surface area contributed by atoms with Gasteiger partial charge in [-0.3, -0.25) is 14.5 Å². The molecule has 0 aliphatic carbocycles. The lowest BCUT2D eigenvalue weighted by Gasteiger charge is -2.43. The molecular weight excluding hydrogens is 437 g/mol. The number of likely N-dealkylation sites (N-methyl/N-ethyl adjacent to an activating group) is 1. The van der Waals surface area contributed by atoms with E-state index in [4.69, 9.17) is 0 Å². The number of benzene rings is 2. The van der Waals surface area contributed by atoms with E-state index in [0.29, 0.717) is 17.8 Å². The number of carbonyl (C=O) groups is 3. The summed E-state index contributed by atoms with van der Waals surface area (Å²) in [7, 11) is 0. The van der Waals surface area contributed by atoms with E-state index in [1.807, 2.05) is 50.9 Å². The number of hydrazine groups is 1. The lowest BCUT2D eigenvalue weighted by Crippen LogP contribution is -2.67. The second-order valence-electron chi connectivity index (χ2n) is 8.97. The Kier molecular flexibility index (Phi) is 6.67. The van der Waals surface area contributed by atoms with Crippen LogP contribution in [0.4, 0.5) is 14.9 Å². The van der Waals surface area contributed by atoms with Crippen molar-refractivity contribution in [3.63, 3.8) is 0 Å². The number of carbonyl (C=O) groups excluding carboxylic acids is 3. The van der Waals surface area contributed by atoms with E-state index >= 15 is 0 Å². The van der Waals surface area contributed by atoms with Crippen LogP contribution in [0.3, 0.4) is 0 Å². The second kappa shape index (κ2) is 9.52. The molecule has 3 atom stereocenters. The summed E-state index contributed by atoms with van der Waals surface area (Å²) in [5.41, 5.74) is 6.52. The van der Waals surface area contributed by atoms with Gasteiger partial charge in [-0.15, -0.1) is 0 Å². The molecule has 2 aromatic carbocycles. The predicted octanol–water partition coefficient (Wildman–Crippen LogP) is 2.81. The maximum atomic E-state index is 13.5. The average molecular weight is 468 g/mol. The molecule has 2 heterocycles. The van der Waals surface area contributed by atoms with Crippen LogP contribution in [0.1, 0.15) is 30.5 Å². The molecule has 180 valence electrons. The van der Waals surface area contributed by atoms with Crippen molar-refractivity contribution >= 4 is 23.5 Å². The first-order valence-corrected chi connectivity index (χ1v) is 11.5. The normalized spacial score (nSPS) is 22.8. The van der Waals surface area contributed by atoms with Crippen LogP contribution in [0.25, 0.3) is 0 Å². The highest BCUT2D eigenvalue weighted by Gasteiger charge is 2.54. The predicted molar refractivity (Wildman–Crippen MR) is 126 cm³/mol. The quantitative estimate of drug-likeness (QED) is 0.683. The molecule has 0 radical (unpaired) electrons. The summed E-state index contributed by atoms with van der Waals surface area (Å²) in [6, 6.07) is 9.62. The van der Waals surface area contributed by atoms with Gasteiger partial charge in [-0.2, -0.15) is 0 Å². The third-order valence-electron chi connectivity index (χ3n) is 6.47. The fraction of sp³-hybridized carbons (Fsp3) is 0.400. The molecule has 2 fully saturated rings. The zero-order valence-electron chi connectivity index (χ0n) is 19.8. The molecule has 8 nitrogen and oxygen atoms in total. The van der Waals surface area contributed by atoms with Crippen LogP contribution in [0.15, 0.2) is 42.5 Å². The summed E-state index contributed by atoms with van der Waals surface area (Å²) in [6.45, 7) is 8.04. The van der Waals surface area contributed by atoms with Crippen LogP contribution in [-0.4, -0.2) is 63.9 Å². The van der Waals surface area contributed by atoms with Gasteiger partial charge < -0.3 is 10.2 Å². The van der Waals surface area contributed by atoms with Gasteiger partial charge in [-0.1, -0.05) is 31.2 Å². The number of hydrogen-bond donors (Lipinski definition) is 2. The Morgan fingerprint density at radius 3 is 2.50 bits per heavy atom. The Bertz CT molecular complexity index is 1110. The molecule has 9 heteroatoms. The van der Waals surface area contributed by atoms with Gasteiger partial charge in [0.25, 0.3) is 5.91 Å². The van der Waals surface area contributed by atoms with Crippen LogP contribution >= 0.6 is 0 Å². The molecule has 0 bridgehead atoms. The summed E-state index contributed by atoms with van der Waals surface area (Å²) >= 11 is 0. The first kappa shape index (κ1) is 23.8. The Morgan fingerprint density at radius 1 is 1.12 bits per heavy atom. The third-order valence-corrected chi connectivity index (χ3v) is 6.47. The smallest absolute Gasteiger partial charge is 0.324 e. The van der Waals surface area contributed by atoms with Crippen molar-refractivity contribution in [1.29, 1.82) is 0 Å². The number of hydrogen-bond acceptors (Lipinski definition) is 5. The minimum Gasteiger partial charge on any atom is -0.324 e. The van der Waals surface area contributed by atoms with Gasteiger partial charge in [0.2, 0.25) is 5.91 Å². The number of rotatable bonds is 6. The molecule has 3 unspecified atom stereocenters. The Labute approximate surface area is 198 Å². The number of nitrogens with zero attached hydrogens (tertiary/aromatic N) is 3. The van der Waals surface area contributed by atoms with E-state index in [-0.39, 0.29) is 30.9 Å². The highest BCUT2D eigenvalue weighted by molar-refractivity contribution is 6.03. The van der Waals surface area contributed by atoms with E-state index in [2.05, 4.69) is 10.7 Å². The molecule has 2 saturated heterocycles. The van der Waals surface area contributed by atoms with Crippen LogP contribution < -0.4 is 10.7 Å². The van der Waals surface area contributed by atoms with Crippen molar-refractivity contribution in [2.24, 2.45) is 0 Å². The topological polar surface area (TPSA) is 85.0 Å². The first-order valence-electron chi connectivity index (χ1n) is 11.5. The first-order chi connectivity index (χ1) is 16.2. The number of urea groups is 1. The van der Waals surface area contributed by atoms with E-state index in [9.17, 15) is 18.8 Å². The van der Waals surface area contributed by atoms with Crippen molar-refractivity contribution in [3.8, 4) is 0 Å². The molecule has 2 aromatic rings. The van der Waals surface area contributed by atoms with Crippen LogP contribution in [0.2, 0.25) is 0 Å². The lowest BCUT2D eigenvalue weighted by molar-refractivity contribution is -0.140. The Balaban J connectivity index is 1.61. The maximum Gasteiger partial charge on any atom is 0.327 e. The number of aryl methyl sites for hydroxylation is 2. The molecule has 4 amide bonds. The van der Waals surface area contributed by atoms with Crippen LogP contribution in [0, 0.1) is 19.7 Å². The second-order valence-corrected chi connectivity index (χ2v) is 8.97. The molecule has 2 aliphatic rings. The Morgan fingerprint density at radius 2 is 1.82 bits per heavy atom. The molecule has 4 rings (SSSR count). The molecule has 2 N–H and O–H groups in total. The monoisotopic (exact) mass is 467 g/mol. The minimum atomic E-state index is -0.619. The van der Waals surface area contributed by atoms with Gasteiger partial charge in [-0.25, -0.2) is 19.6 Å². The molecular formula is C25H30FN5O3. The fourth-order valence-electron chi connectivity index (χ4n) is 4.73. The highest BCUT2D eigenvalue weighted by Crippen LogP contribution is 2.30. The molecule has 34 heavy (non-hydrogen) atoms. The number of imide groups is 1. The molecule has 0 aromatic heterocycles. The van der Waals surface area contributed by atoms with Gasteiger partial charge in [-0.05, 0) is 55.7 Å². The van der Waals surface area contributed by atoms with Gasteiger partial charge in [0.15, 0.2) is 0 Å². The molecule has 2 aliphatic heterocycles. The van der Waals surface area contributed by atoms with Gasteiger partial charge in [0, 0.05) is 18.3 Å². The maximum absolute atomic E-state index is 13.5. The van der Waals surface area contributed by atoms with Crippen molar-refractivity contribution in [2.75, 3.05) is 18.4 Å². The van der Waals surface area contributed by atoms with Gasteiger partial charge >= 0.3 is 6.03 Å². The summed E-state index contributed by atoms with van der Waals surface area (Å²) in [4.78, 5) is 42.6. The van der Waals surface area contributed by atoms with E-state index in [1.165, 1.54) is 17.0 Å². The van der Waals surface area contributed by atoms with E-state index in [1.54, 1.807) is 12.1 Å². The van der Waals surface area contributed by atoms with E-state index < -0.39 is 23.9 Å². The average Bonchev–Trinajstić information content (AvgIpc) is 3.14. The Hall–Kier alpha value is -3.30. The summed E-state index contributed by atoms with van der Waals surface area (Å²) < 4.78 is 13.4. The number of halogens is 1. The standard InChI is InChI=1S/C25H30FN5O3/c1-5-31-23-22(17(4)28-31)29(14-21(32)27-20-12-15(2)6-7-16(20)3)25(34)30(24(23)33)13-18-8-10-19(26)11-9-18/h6-12,17,22-23,28H,5,13-14H2,1-4H3,(H,27,32). The van der Waals surface area contributed by atoms with Crippen molar-refractivity contribution in [3.05, 3.63) is 65.0 Å². The summed E-state index contributed by atoms with van der Waals surface area (Å²) in [5.74, 6) is -1.06. The largest absolute Gasteiger partial charge is 0.327 e. The lowest BCUT2D eigenvalue weighted by atomic mass is 9.97. The minimum absolute atomic E-state index is 0.00219. The highest BCUT2D eigenvalue weighted by atomic mass is 19.1. The van der Waals surface area contributed by atoms with Gasteiger partial charge in [0.1, 0.15) is 18.4 Å². The number of nitrogens with one attached hydrogen (secondary N) is 2.